The van der Waals surface area contributed by atoms with Gasteiger partial charge in [-0.05, 0) is 37.1 Å². The standard InChI is InChI=1S/C13H15F3N2O3S/c14-13(15,16)9-3-5-10(6-4-9)17-12(19)18-11-2-1-7-22(20,21)8-11/h3-6,11H,1-2,7-8H2,(H2,17,18,19)/t11-/m1/s1. The van der Waals surface area contributed by atoms with Crippen LogP contribution in [0, 0.1) is 0 Å². The molecule has 1 saturated heterocycles. The van der Waals surface area contributed by atoms with Gasteiger partial charge in [0.25, 0.3) is 0 Å². The van der Waals surface area contributed by atoms with Gasteiger partial charge in [-0.3, -0.25) is 0 Å². The van der Waals surface area contributed by atoms with Crippen LogP contribution in [0.2, 0.25) is 0 Å². The van der Waals surface area contributed by atoms with Crippen molar-refractivity contribution in [2.45, 2.75) is 25.1 Å². The average molecular weight is 336 g/mol. The fourth-order valence-corrected chi connectivity index (χ4v) is 3.87. The molecule has 0 spiro atoms. The fourth-order valence-electron chi connectivity index (χ4n) is 2.23. The number of anilines is 1. The lowest BCUT2D eigenvalue weighted by atomic mass is 10.2. The first-order valence-electron chi connectivity index (χ1n) is 6.61. The van der Waals surface area contributed by atoms with Crippen molar-refractivity contribution in [1.82, 2.24) is 5.32 Å². The Hall–Kier alpha value is -1.77. The van der Waals surface area contributed by atoms with Crippen LogP contribution in [0.5, 0.6) is 0 Å². The minimum absolute atomic E-state index is 0.117. The Bertz CT molecular complexity index is 641. The molecule has 0 unspecified atom stereocenters. The molecule has 2 amide bonds. The molecule has 1 aromatic carbocycles. The van der Waals surface area contributed by atoms with Gasteiger partial charge in [0, 0.05) is 11.7 Å². The van der Waals surface area contributed by atoms with E-state index in [4.69, 9.17) is 0 Å². The number of alkyl halides is 3. The molecular weight excluding hydrogens is 321 g/mol. The highest BCUT2D eigenvalue weighted by atomic mass is 32.2. The summed E-state index contributed by atoms with van der Waals surface area (Å²) in [6.45, 7) is 0. The van der Waals surface area contributed by atoms with E-state index in [1.165, 1.54) is 0 Å². The Labute approximate surface area is 125 Å². The second-order valence-corrected chi connectivity index (χ2v) is 7.36. The Balaban J connectivity index is 1.92. The molecule has 1 aliphatic rings. The molecule has 0 radical (unpaired) electrons. The molecule has 0 aliphatic carbocycles. The lowest BCUT2D eigenvalue weighted by molar-refractivity contribution is -0.137. The third-order valence-electron chi connectivity index (χ3n) is 3.27. The number of rotatable bonds is 2. The van der Waals surface area contributed by atoms with Crippen molar-refractivity contribution in [2.24, 2.45) is 0 Å². The van der Waals surface area contributed by atoms with Crippen molar-refractivity contribution >= 4 is 21.6 Å². The Morgan fingerprint density at radius 3 is 2.36 bits per heavy atom. The summed E-state index contributed by atoms with van der Waals surface area (Å²) in [6.07, 6.45) is -3.40. The van der Waals surface area contributed by atoms with Gasteiger partial charge in [-0.15, -0.1) is 0 Å². The zero-order chi connectivity index (χ0) is 16.4. The van der Waals surface area contributed by atoms with Crippen LogP contribution in [-0.2, 0) is 16.0 Å². The van der Waals surface area contributed by atoms with E-state index in [0.717, 1.165) is 24.3 Å². The third kappa shape index (κ3) is 4.62. The summed E-state index contributed by atoms with van der Waals surface area (Å²) in [5.74, 6) is -0.000858. The number of urea groups is 1. The van der Waals surface area contributed by atoms with E-state index in [0.29, 0.717) is 12.8 Å². The van der Waals surface area contributed by atoms with Crippen molar-refractivity contribution in [3.05, 3.63) is 29.8 Å². The number of nitrogens with one attached hydrogen (secondary N) is 2. The summed E-state index contributed by atoms with van der Waals surface area (Å²) in [4.78, 5) is 11.7. The second-order valence-electron chi connectivity index (χ2n) is 5.13. The van der Waals surface area contributed by atoms with Crippen LogP contribution in [0.25, 0.3) is 0 Å². The summed E-state index contributed by atoms with van der Waals surface area (Å²) in [5, 5.41) is 4.90. The lowest BCUT2D eigenvalue weighted by Crippen LogP contribution is -2.44. The summed E-state index contributed by atoms with van der Waals surface area (Å²) in [6, 6.07) is 2.89. The van der Waals surface area contributed by atoms with Gasteiger partial charge in [-0.1, -0.05) is 0 Å². The normalized spacial score (nSPS) is 21.1. The minimum atomic E-state index is -4.43. The smallest absolute Gasteiger partial charge is 0.334 e. The molecule has 1 heterocycles. The second kappa shape index (κ2) is 6.15. The number of carbonyl (C=O) groups is 1. The fraction of sp³-hybridized carbons (Fsp3) is 0.462. The van der Waals surface area contributed by atoms with Gasteiger partial charge < -0.3 is 10.6 Å². The first kappa shape index (κ1) is 16.6. The van der Waals surface area contributed by atoms with Crippen LogP contribution in [-0.4, -0.2) is 32.0 Å². The van der Waals surface area contributed by atoms with Gasteiger partial charge in [0.15, 0.2) is 9.84 Å². The number of sulfone groups is 1. The van der Waals surface area contributed by atoms with E-state index >= 15 is 0 Å². The van der Waals surface area contributed by atoms with Crippen LogP contribution in [0.3, 0.4) is 0 Å². The van der Waals surface area contributed by atoms with Crippen LogP contribution in [0.4, 0.5) is 23.7 Å². The summed E-state index contributed by atoms with van der Waals surface area (Å²) < 4.78 is 60.1. The van der Waals surface area contributed by atoms with E-state index in [1.54, 1.807) is 0 Å². The minimum Gasteiger partial charge on any atom is -0.334 e. The van der Waals surface area contributed by atoms with E-state index in [2.05, 4.69) is 10.6 Å². The molecular formula is C13H15F3N2O3S. The zero-order valence-electron chi connectivity index (χ0n) is 11.5. The van der Waals surface area contributed by atoms with Gasteiger partial charge in [-0.25, -0.2) is 13.2 Å². The van der Waals surface area contributed by atoms with Gasteiger partial charge in [0.1, 0.15) is 0 Å². The highest BCUT2D eigenvalue weighted by molar-refractivity contribution is 7.91. The van der Waals surface area contributed by atoms with Crippen molar-refractivity contribution in [3.8, 4) is 0 Å². The van der Waals surface area contributed by atoms with E-state index in [1.807, 2.05) is 0 Å². The molecule has 1 fully saturated rings. The van der Waals surface area contributed by atoms with Gasteiger partial charge in [-0.2, -0.15) is 13.2 Å². The molecule has 2 rings (SSSR count). The van der Waals surface area contributed by atoms with Crippen molar-refractivity contribution in [2.75, 3.05) is 16.8 Å². The third-order valence-corrected chi connectivity index (χ3v) is 5.09. The summed E-state index contributed by atoms with van der Waals surface area (Å²) in [7, 11) is -3.14. The molecule has 0 saturated carbocycles. The molecule has 2 N–H and O–H groups in total. The quantitative estimate of drug-likeness (QED) is 0.871. The molecule has 5 nitrogen and oxygen atoms in total. The van der Waals surface area contributed by atoms with Gasteiger partial charge in [0.2, 0.25) is 0 Å². The molecule has 0 bridgehead atoms. The molecule has 9 heteroatoms. The largest absolute Gasteiger partial charge is 0.416 e. The maximum absolute atomic E-state index is 12.4. The van der Waals surface area contributed by atoms with Crippen molar-refractivity contribution in [1.29, 1.82) is 0 Å². The van der Waals surface area contributed by atoms with Crippen molar-refractivity contribution < 1.29 is 26.4 Å². The number of carbonyl (C=O) groups excluding carboxylic acids is 1. The molecule has 122 valence electrons. The van der Waals surface area contributed by atoms with Gasteiger partial charge >= 0.3 is 12.2 Å². The highest BCUT2D eigenvalue weighted by Crippen LogP contribution is 2.29. The maximum atomic E-state index is 12.4. The predicted octanol–water partition coefficient (Wildman–Crippen LogP) is 2.40. The topological polar surface area (TPSA) is 75.3 Å². The first-order valence-corrected chi connectivity index (χ1v) is 8.43. The SMILES string of the molecule is O=C(Nc1ccc(C(F)(F)F)cc1)N[C@@H]1CCCS(=O)(=O)C1. The molecule has 1 aromatic rings. The average Bonchev–Trinajstić information content (AvgIpc) is 2.36. The molecule has 1 aliphatic heterocycles. The number of amides is 2. The summed E-state index contributed by atoms with van der Waals surface area (Å²) >= 11 is 0. The van der Waals surface area contributed by atoms with Crippen LogP contribution >= 0.6 is 0 Å². The van der Waals surface area contributed by atoms with E-state index < -0.39 is 33.6 Å². The van der Waals surface area contributed by atoms with Crippen LogP contribution in [0.15, 0.2) is 24.3 Å². The number of benzene rings is 1. The Morgan fingerprint density at radius 2 is 1.82 bits per heavy atom. The van der Waals surface area contributed by atoms with Crippen LogP contribution < -0.4 is 10.6 Å². The number of hydrogen-bond donors (Lipinski definition) is 2. The van der Waals surface area contributed by atoms with E-state index in [-0.39, 0.29) is 17.2 Å². The van der Waals surface area contributed by atoms with E-state index in [9.17, 15) is 26.4 Å². The Kier molecular flexibility index (Phi) is 4.64. The monoisotopic (exact) mass is 336 g/mol. The van der Waals surface area contributed by atoms with Crippen LogP contribution in [0.1, 0.15) is 18.4 Å². The predicted molar refractivity (Wildman–Crippen MR) is 75.3 cm³/mol. The molecule has 0 aromatic heterocycles. The highest BCUT2D eigenvalue weighted by Gasteiger charge is 2.30. The number of halogens is 3. The van der Waals surface area contributed by atoms with Crippen molar-refractivity contribution in [3.63, 3.8) is 0 Å². The Morgan fingerprint density at radius 1 is 1.18 bits per heavy atom. The number of hydrogen-bond acceptors (Lipinski definition) is 3. The first-order chi connectivity index (χ1) is 10.2. The summed E-state index contributed by atoms with van der Waals surface area (Å²) in [5.41, 5.74) is -0.610. The molecule has 1 atom stereocenters. The molecule has 22 heavy (non-hydrogen) atoms. The lowest BCUT2D eigenvalue weighted by Gasteiger charge is -2.23. The van der Waals surface area contributed by atoms with Gasteiger partial charge in [0.05, 0.1) is 17.1 Å². The maximum Gasteiger partial charge on any atom is 0.416 e. The zero-order valence-corrected chi connectivity index (χ0v) is 12.3.